The molecule has 114 valence electrons. The molecule has 6 nitrogen and oxygen atoms in total. The van der Waals surface area contributed by atoms with E-state index in [1.807, 2.05) is 6.07 Å². The van der Waals surface area contributed by atoms with Gasteiger partial charge < -0.3 is 10.6 Å². The minimum absolute atomic E-state index is 0.149. The third-order valence-corrected chi connectivity index (χ3v) is 3.42. The predicted molar refractivity (Wildman–Crippen MR) is 83.8 cm³/mol. The van der Waals surface area contributed by atoms with E-state index >= 15 is 0 Å². The minimum Gasteiger partial charge on any atom is -0.349 e. The van der Waals surface area contributed by atoms with Crippen molar-refractivity contribution in [2.24, 2.45) is 0 Å². The summed E-state index contributed by atoms with van der Waals surface area (Å²) in [7, 11) is 0. The zero-order valence-electron chi connectivity index (χ0n) is 12.2. The molecule has 1 aliphatic carbocycles. The molecule has 2 aromatic rings. The number of anilines is 1. The highest BCUT2D eigenvalue weighted by Crippen LogP contribution is 2.19. The van der Waals surface area contributed by atoms with Crippen LogP contribution in [-0.4, -0.2) is 22.8 Å². The van der Waals surface area contributed by atoms with Crippen LogP contribution in [0.3, 0.4) is 0 Å². The van der Waals surface area contributed by atoms with Gasteiger partial charge in [-0.15, -0.1) is 0 Å². The summed E-state index contributed by atoms with van der Waals surface area (Å²) in [6.07, 6.45) is 3.43. The second-order valence-corrected chi connectivity index (χ2v) is 5.32. The van der Waals surface area contributed by atoms with Crippen molar-refractivity contribution in [2.45, 2.75) is 18.9 Å². The van der Waals surface area contributed by atoms with Crippen LogP contribution in [0.15, 0.2) is 42.6 Å². The molecule has 1 aliphatic rings. The Kier molecular flexibility index (Phi) is 4.02. The molecule has 0 atom stereocenters. The largest absolute Gasteiger partial charge is 0.349 e. The Bertz CT molecular complexity index is 806. The molecule has 23 heavy (non-hydrogen) atoms. The molecule has 1 aromatic carbocycles. The number of amides is 2. The Labute approximate surface area is 133 Å². The van der Waals surface area contributed by atoms with Gasteiger partial charge in [-0.05, 0) is 43.2 Å². The number of nitrogens with one attached hydrogen (secondary N) is 2. The number of pyridine rings is 1. The van der Waals surface area contributed by atoms with E-state index in [0.29, 0.717) is 16.8 Å². The molecule has 3 rings (SSSR count). The van der Waals surface area contributed by atoms with E-state index < -0.39 is 5.91 Å². The molecule has 0 spiro atoms. The lowest BCUT2D eigenvalue weighted by Crippen LogP contribution is -2.26. The first-order valence-electron chi connectivity index (χ1n) is 7.24. The first kappa shape index (κ1) is 14.7. The molecule has 2 N–H and O–H groups in total. The number of nitriles is 1. The molecule has 0 radical (unpaired) electrons. The van der Waals surface area contributed by atoms with Gasteiger partial charge in [-0.2, -0.15) is 5.26 Å². The molecule has 0 aliphatic heterocycles. The van der Waals surface area contributed by atoms with E-state index in [2.05, 4.69) is 15.6 Å². The quantitative estimate of drug-likeness (QED) is 0.904. The van der Waals surface area contributed by atoms with Crippen molar-refractivity contribution in [3.05, 3.63) is 59.4 Å². The summed E-state index contributed by atoms with van der Waals surface area (Å²) < 4.78 is 0. The summed E-state index contributed by atoms with van der Waals surface area (Å²) in [5.74, 6) is -0.628. The summed E-state index contributed by atoms with van der Waals surface area (Å²) in [5, 5.41) is 14.4. The normalized spacial score (nSPS) is 13.0. The molecule has 6 heteroatoms. The third-order valence-electron chi connectivity index (χ3n) is 3.42. The summed E-state index contributed by atoms with van der Waals surface area (Å²) in [6.45, 7) is 0. The van der Waals surface area contributed by atoms with Crippen molar-refractivity contribution in [3.8, 4) is 6.07 Å². The van der Waals surface area contributed by atoms with Crippen molar-refractivity contribution in [3.63, 3.8) is 0 Å². The Morgan fingerprint density at radius 1 is 1.17 bits per heavy atom. The highest BCUT2D eigenvalue weighted by molar-refractivity contribution is 6.04. The van der Waals surface area contributed by atoms with Crippen LogP contribution in [0.5, 0.6) is 0 Å². The van der Waals surface area contributed by atoms with Crippen molar-refractivity contribution < 1.29 is 9.59 Å². The Hall–Kier alpha value is -3.20. The molecule has 1 heterocycles. The standard InChI is InChI=1S/C17H14N4O2/c18-10-11-2-1-3-14(8-11)21-17(23)15-9-12(6-7-19-15)16(22)20-13-4-5-13/h1-3,6-9,13H,4-5H2,(H,20,22)(H,21,23). The van der Waals surface area contributed by atoms with Crippen LogP contribution in [0.25, 0.3) is 0 Å². The minimum atomic E-state index is -0.429. The zero-order valence-corrected chi connectivity index (χ0v) is 12.2. The van der Waals surface area contributed by atoms with Gasteiger partial charge in [0.05, 0.1) is 11.6 Å². The van der Waals surface area contributed by atoms with Crippen LogP contribution in [0, 0.1) is 11.3 Å². The molecule has 1 fully saturated rings. The molecule has 1 saturated carbocycles. The van der Waals surface area contributed by atoms with Crippen molar-refractivity contribution in [1.82, 2.24) is 10.3 Å². The van der Waals surface area contributed by atoms with Crippen LogP contribution >= 0.6 is 0 Å². The third kappa shape index (κ3) is 3.71. The van der Waals surface area contributed by atoms with Crippen LogP contribution in [0.4, 0.5) is 5.69 Å². The fraction of sp³-hybridized carbons (Fsp3) is 0.176. The lowest BCUT2D eigenvalue weighted by Gasteiger charge is -2.07. The van der Waals surface area contributed by atoms with Gasteiger partial charge in [0.25, 0.3) is 11.8 Å². The number of hydrogen-bond donors (Lipinski definition) is 2. The van der Waals surface area contributed by atoms with E-state index in [0.717, 1.165) is 12.8 Å². The number of carbonyl (C=O) groups excluding carboxylic acids is 2. The fourth-order valence-corrected chi connectivity index (χ4v) is 2.05. The van der Waals surface area contributed by atoms with E-state index in [-0.39, 0.29) is 17.6 Å². The molecule has 0 unspecified atom stereocenters. The second kappa shape index (κ2) is 6.28. The van der Waals surface area contributed by atoms with E-state index in [9.17, 15) is 9.59 Å². The van der Waals surface area contributed by atoms with E-state index in [1.54, 1.807) is 30.3 Å². The summed E-state index contributed by atoms with van der Waals surface area (Å²) in [6, 6.07) is 11.9. The average molecular weight is 306 g/mol. The van der Waals surface area contributed by atoms with Crippen LogP contribution in [-0.2, 0) is 0 Å². The number of nitrogens with zero attached hydrogens (tertiary/aromatic N) is 2. The first-order valence-corrected chi connectivity index (χ1v) is 7.24. The van der Waals surface area contributed by atoms with Gasteiger partial charge >= 0.3 is 0 Å². The fourth-order valence-electron chi connectivity index (χ4n) is 2.05. The zero-order chi connectivity index (χ0) is 16.2. The molecule has 0 bridgehead atoms. The number of rotatable bonds is 4. The summed E-state index contributed by atoms with van der Waals surface area (Å²) in [5.41, 5.74) is 1.51. The molecule has 0 saturated heterocycles. The Morgan fingerprint density at radius 2 is 2.00 bits per heavy atom. The van der Waals surface area contributed by atoms with Gasteiger partial charge in [0.15, 0.2) is 0 Å². The predicted octanol–water partition coefficient (Wildman–Crippen LogP) is 2.10. The van der Waals surface area contributed by atoms with Crippen LogP contribution in [0.1, 0.15) is 39.3 Å². The summed E-state index contributed by atoms with van der Waals surface area (Å²) >= 11 is 0. The lowest BCUT2D eigenvalue weighted by atomic mass is 10.2. The lowest BCUT2D eigenvalue weighted by molar-refractivity contribution is 0.0951. The maximum absolute atomic E-state index is 12.2. The molecular formula is C17H14N4O2. The number of hydrogen-bond acceptors (Lipinski definition) is 4. The van der Waals surface area contributed by atoms with Gasteiger partial charge in [-0.3, -0.25) is 14.6 Å². The maximum Gasteiger partial charge on any atom is 0.274 e. The Balaban J connectivity index is 1.74. The molecule has 2 amide bonds. The number of carbonyl (C=O) groups is 2. The van der Waals surface area contributed by atoms with Crippen LogP contribution in [0.2, 0.25) is 0 Å². The molecule has 1 aromatic heterocycles. The maximum atomic E-state index is 12.2. The highest BCUT2D eigenvalue weighted by Gasteiger charge is 2.24. The highest BCUT2D eigenvalue weighted by atomic mass is 16.2. The van der Waals surface area contributed by atoms with Gasteiger partial charge in [-0.1, -0.05) is 6.07 Å². The monoisotopic (exact) mass is 306 g/mol. The average Bonchev–Trinajstić information content (AvgIpc) is 3.39. The van der Waals surface area contributed by atoms with Gasteiger partial charge in [-0.25, -0.2) is 0 Å². The summed E-state index contributed by atoms with van der Waals surface area (Å²) in [4.78, 5) is 28.2. The SMILES string of the molecule is N#Cc1cccc(NC(=O)c2cc(C(=O)NC3CC3)ccn2)c1. The van der Waals surface area contributed by atoms with E-state index in [4.69, 9.17) is 5.26 Å². The topological polar surface area (TPSA) is 94.9 Å². The van der Waals surface area contributed by atoms with Gasteiger partial charge in [0.2, 0.25) is 0 Å². The first-order chi connectivity index (χ1) is 11.2. The number of benzene rings is 1. The Morgan fingerprint density at radius 3 is 2.74 bits per heavy atom. The molecular weight excluding hydrogens is 292 g/mol. The van der Waals surface area contributed by atoms with Crippen molar-refractivity contribution in [2.75, 3.05) is 5.32 Å². The van der Waals surface area contributed by atoms with Crippen LogP contribution < -0.4 is 10.6 Å². The van der Waals surface area contributed by atoms with Gasteiger partial charge in [0, 0.05) is 23.5 Å². The van der Waals surface area contributed by atoms with Crippen molar-refractivity contribution >= 4 is 17.5 Å². The van der Waals surface area contributed by atoms with Crippen molar-refractivity contribution in [1.29, 1.82) is 5.26 Å². The smallest absolute Gasteiger partial charge is 0.274 e. The number of aromatic nitrogens is 1. The van der Waals surface area contributed by atoms with Gasteiger partial charge in [0.1, 0.15) is 5.69 Å². The van der Waals surface area contributed by atoms with E-state index in [1.165, 1.54) is 12.3 Å². The second-order valence-electron chi connectivity index (χ2n) is 5.32.